The van der Waals surface area contributed by atoms with Crippen LogP contribution in [0.15, 0.2) is 33.7 Å². The van der Waals surface area contributed by atoms with E-state index in [9.17, 15) is 18.0 Å². The first-order valence-electron chi connectivity index (χ1n) is 10.2. The number of piperidine rings is 1. The summed E-state index contributed by atoms with van der Waals surface area (Å²) in [6, 6.07) is 6.22. The van der Waals surface area contributed by atoms with E-state index in [1.165, 1.54) is 11.4 Å². The Labute approximate surface area is 192 Å². The molecule has 1 aromatic carbocycles. The Morgan fingerprint density at radius 3 is 2.69 bits per heavy atom. The van der Waals surface area contributed by atoms with E-state index in [1.54, 1.807) is 38.1 Å². The molecular weight excluding hydrogens is 458 g/mol. The number of halogens is 1. The van der Waals surface area contributed by atoms with Gasteiger partial charge in [0.25, 0.3) is 0 Å². The second-order valence-electron chi connectivity index (χ2n) is 7.72. The zero-order valence-electron chi connectivity index (χ0n) is 18.1. The number of benzene rings is 1. The quantitative estimate of drug-likeness (QED) is 0.601. The van der Waals surface area contributed by atoms with E-state index in [1.807, 2.05) is 0 Å². The second kappa shape index (κ2) is 10.0. The second-order valence-corrected chi connectivity index (χ2v) is 10.0. The Morgan fingerprint density at radius 2 is 2.06 bits per heavy atom. The first-order valence-corrected chi connectivity index (χ1v) is 12.0. The largest absolute Gasteiger partial charge is 0.469 e. The first-order chi connectivity index (χ1) is 15.1. The number of ether oxygens (including phenoxy) is 1. The molecule has 0 bridgehead atoms. The van der Waals surface area contributed by atoms with E-state index in [4.69, 9.17) is 20.9 Å². The van der Waals surface area contributed by atoms with Crippen molar-refractivity contribution in [1.82, 2.24) is 14.8 Å². The summed E-state index contributed by atoms with van der Waals surface area (Å²) in [5.74, 6) is -1.22. The van der Waals surface area contributed by atoms with Crippen LogP contribution in [0.1, 0.15) is 42.3 Å². The summed E-state index contributed by atoms with van der Waals surface area (Å²) in [5.41, 5.74) is 0.870. The maximum Gasteiger partial charge on any atom is 0.307 e. The molecule has 1 amide bonds. The van der Waals surface area contributed by atoms with Crippen molar-refractivity contribution in [2.45, 2.75) is 44.0 Å². The number of aryl methyl sites for hydroxylation is 2. The number of methoxy groups -OCH3 is 1. The third-order valence-corrected chi connectivity index (χ3v) is 7.97. The van der Waals surface area contributed by atoms with Gasteiger partial charge in [0, 0.05) is 18.1 Å². The van der Waals surface area contributed by atoms with Crippen LogP contribution >= 0.6 is 11.6 Å². The number of nitrogens with zero attached hydrogens (tertiary/aromatic N) is 2. The van der Waals surface area contributed by atoms with E-state index in [0.29, 0.717) is 30.0 Å². The highest BCUT2D eigenvalue weighted by Gasteiger charge is 2.37. The molecule has 0 radical (unpaired) electrons. The van der Waals surface area contributed by atoms with Crippen LogP contribution in [0.4, 0.5) is 0 Å². The average Bonchev–Trinajstić information content (AvgIpc) is 3.12. The molecule has 1 aliphatic heterocycles. The molecule has 2 unspecified atom stereocenters. The fourth-order valence-electron chi connectivity index (χ4n) is 3.88. The number of sulfonamides is 1. The Bertz CT molecular complexity index is 1080. The minimum atomic E-state index is -3.85. The molecule has 0 aliphatic carbocycles. The monoisotopic (exact) mass is 483 g/mol. The Balaban J connectivity index is 1.79. The number of nitrogens with one attached hydrogen (secondary N) is 1. The maximum atomic E-state index is 13.1. The number of hydrogen-bond acceptors (Lipinski definition) is 7. The van der Waals surface area contributed by atoms with Crippen molar-refractivity contribution in [2.75, 3.05) is 20.2 Å². The molecule has 1 N–H and O–H groups in total. The van der Waals surface area contributed by atoms with Gasteiger partial charge in [0.05, 0.1) is 25.5 Å². The van der Waals surface area contributed by atoms with E-state index in [-0.39, 0.29) is 35.2 Å². The molecule has 1 aromatic heterocycles. The number of carbonyl (C=O) groups is 2. The van der Waals surface area contributed by atoms with Crippen molar-refractivity contribution in [3.63, 3.8) is 0 Å². The van der Waals surface area contributed by atoms with Crippen LogP contribution in [0.25, 0.3) is 0 Å². The predicted octanol–water partition coefficient (Wildman–Crippen LogP) is 2.77. The van der Waals surface area contributed by atoms with Crippen LogP contribution in [-0.2, 0) is 24.3 Å². The lowest BCUT2D eigenvalue weighted by atomic mass is 9.97. The standard InChI is InChI=1S/C21H26ClN3O6S/c1-13-20(14(2)31-24-13)32(28,29)25-10-6-7-15(12-25)21(27)23-18(11-19(26)30-3)16-8-4-5-9-17(16)22/h4-5,8-9,15,18H,6-7,10-12H2,1-3H3,(H,23,27). The zero-order valence-corrected chi connectivity index (χ0v) is 19.7. The number of rotatable bonds is 7. The summed E-state index contributed by atoms with van der Waals surface area (Å²) in [5, 5.41) is 7.00. The highest BCUT2D eigenvalue weighted by atomic mass is 35.5. The summed E-state index contributed by atoms with van der Waals surface area (Å²) >= 11 is 6.28. The molecule has 2 heterocycles. The van der Waals surface area contributed by atoms with E-state index >= 15 is 0 Å². The topological polar surface area (TPSA) is 119 Å². The number of amides is 1. The molecule has 2 aromatic rings. The number of esters is 1. The molecule has 0 spiro atoms. The molecular formula is C21H26ClN3O6S. The van der Waals surface area contributed by atoms with Gasteiger partial charge in [-0.1, -0.05) is 35.0 Å². The van der Waals surface area contributed by atoms with Crippen molar-refractivity contribution in [3.8, 4) is 0 Å². The Morgan fingerprint density at radius 1 is 1.34 bits per heavy atom. The summed E-state index contributed by atoms with van der Waals surface area (Å²) in [6.07, 6.45) is 0.946. The molecule has 9 nitrogen and oxygen atoms in total. The minimum absolute atomic E-state index is 0.0195. The van der Waals surface area contributed by atoms with Crippen LogP contribution in [0, 0.1) is 19.8 Å². The molecule has 3 rings (SSSR count). The average molecular weight is 484 g/mol. The van der Waals surface area contributed by atoms with E-state index in [2.05, 4.69) is 10.5 Å². The van der Waals surface area contributed by atoms with Crippen molar-refractivity contribution >= 4 is 33.5 Å². The van der Waals surface area contributed by atoms with Gasteiger partial charge < -0.3 is 14.6 Å². The van der Waals surface area contributed by atoms with Crippen LogP contribution in [0.2, 0.25) is 5.02 Å². The molecule has 2 atom stereocenters. The van der Waals surface area contributed by atoms with Gasteiger partial charge in [-0.2, -0.15) is 4.31 Å². The van der Waals surface area contributed by atoms with Crippen LogP contribution in [0.5, 0.6) is 0 Å². The fourth-order valence-corrected chi connectivity index (χ4v) is 5.97. The lowest BCUT2D eigenvalue weighted by molar-refractivity contribution is -0.141. The first kappa shape index (κ1) is 24.2. The van der Waals surface area contributed by atoms with Crippen molar-refractivity contribution in [1.29, 1.82) is 0 Å². The number of carbonyl (C=O) groups excluding carboxylic acids is 2. The summed E-state index contributed by atoms with van der Waals surface area (Å²) in [7, 11) is -2.58. The highest BCUT2D eigenvalue weighted by Crippen LogP contribution is 2.29. The van der Waals surface area contributed by atoms with Gasteiger partial charge in [-0.15, -0.1) is 0 Å². The smallest absolute Gasteiger partial charge is 0.307 e. The van der Waals surface area contributed by atoms with Gasteiger partial charge >= 0.3 is 5.97 Å². The van der Waals surface area contributed by atoms with Crippen molar-refractivity contribution in [3.05, 3.63) is 46.3 Å². The predicted molar refractivity (Wildman–Crippen MR) is 116 cm³/mol. The molecule has 1 aliphatic rings. The van der Waals surface area contributed by atoms with Gasteiger partial charge in [0.1, 0.15) is 10.6 Å². The molecule has 32 heavy (non-hydrogen) atoms. The third kappa shape index (κ3) is 5.13. The number of hydrogen-bond donors (Lipinski definition) is 1. The molecule has 1 saturated heterocycles. The van der Waals surface area contributed by atoms with Gasteiger partial charge in [-0.25, -0.2) is 8.42 Å². The highest BCUT2D eigenvalue weighted by molar-refractivity contribution is 7.89. The van der Waals surface area contributed by atoms with Crippen LogP contribution in [0.3, 0.4) is 0 Å². The van der Waals surface area contributed by atoms with Crippen molar-refractivity contribution in [2.24, 2.45) is 5.92 Å². The van der Waals surface area contributed by atoms with Gasteiger partial charge in [0.2, 0.25) is 15.9 Å². The van der Waals surface area contributed by atoms with Gasteiger partial charge in [-0.05, 0) is 38.3 Å². The minimum Gasteiger partial charge on any atom is -0.469 e. The van der Waals surface area contributed by atoms with Crippen LogP contribution in [-0.4, -0.2) is 50.0 Å². The normalized spacial score (nSPS) is 18.2. The molecule has 1 fully saturated rings. The molecule has 11 heteroatoms. The van der Waals surface area contributed by atoms with Gasteiger partial charge in [-0.3, -0.25) is 9.59 Å². The summed E-state index contributed by atoms with van der Waals surface area (Å²) in [4.78, 5) is 25.1. The zero-order chi connectivity index (χ0) is 23.5. The van der Waals surface area contributed by atoms with Crippen molar-refractivity contribution < 1.29 is 27.3 Å². The fraction of sp³-hybridized carbons (Fsp3) is 0.476. The van der Waals surface area contributed by atoms with E-state index < -0.39 is 28.0 Å². The third-order valence-electron chi connectivity index (χ3n) is 5.52. The van der Waals surface area contributed by atoms with E-state index in [0.717, 1.165) is 0 Å². The summed E-state index contributed by atoms with van der Waals surface area (Å²) < 4.78 is 37.4. The SMILES string of the molecule is COC(=O)CC(NC(=O)C1CCCN(S(=O)(=O)c2c(C)noc2C)C1)c1ccccc1Cl. The molecule has 174 valence electrons. The number of aromatic nitrogens is 1. The van der Waals surface area contributed by atoms with Gasteiger partial charge in [0.15, 0.2) is 5.76 Å². The lowest BCUT2D eigenvalue weighted by Crippen LogP contribution is -2.46. The molecule has 0 saturated carbocycles. The Kier molecular flexibility index (Phi) is 7.58. The lowest BCUT2D eigenvalue weighted by Gasteiger charge is -2.32. The maximum absolute atomic E-state index is 13.1. The Hall–Kier alpha value is -2.43. The summed E-state index contributed by atoms with van der Waals surface area (Å²) in [6.45, 7) is 3.43. The van der Waals surface area contributed by atoms with Crippen LogP contribution < -0.4 is 5.32 Å².